The third-order valence-corrected chi connectivity index (χ3v) is 8.82. The van der Waals surface area contributed by atoms with Gasteiger partial charge in [0.1, 0.15) is 11.9 Å². The third-order valence-electron chi connectivity index (χ3n) is 7.87. The lowest BCUT2D eigenvalue weighted by Crippen LogP contribution is -2.63. The van der Waals surface area contributed by atoms with Gasteiger partial charge < -0.3 is 14.4 Å². The van der Waals surface area contributed by atoms with Crippen molar-refractivity contribution < 1.29 is 9.47 Å². The first-order valence-corrected chi connectivity index (χ1v) is 13.4. The lowest BCUT2D eigenvalue weighted by molar-refractivity contribution is 0.00328. The van der Waals surface area contributed by atoms with E-state index < -0.39 is 0 Å². The zero-order chi connectivity index (χ0) is 25.3. The number of thiophene rings is 1. The molecule has 37 heavy (non-hydrogen) atoms. The Hall–Kier alpha value is -3.81. The van der Waals surface area contributed by atoms with Gasteiger partial charge in [0.25, 0.3) is 0 Å². The van der Waals surface area contributed by atoms with Crippen LogP contribution in [0.4, 0.5) is 0 Å². The molecule has 6 nitrogen and oxygen atoms in total. The zero-order valence-electron chi connectivity index (χ0n) is 20.8. The van der Waals surface area contributed by atoms with Gasteiger partial charge in [-0.25, -0.2) is 0 Å². The minimum atomic E-state index is -0.139. The van der Waals surface area contributed by atoms with Crippen molar-refractivity contribution in [3.63, 3.8) is 0 Å². The van der Waals surface area contributed by atoms with E-state index in [0.29, 0.717) is 18.8 Å². The monoisotopic (exact) mass is 509 g/mol. The number of aromatic nitrogens is 1. The second-order valence-corrected chi connectivity index (χ2v) is 10.6. The predicted molar refractivity (Wildman–Crippen MR) is 148 cm³/mol. The first kappa shape index (κ1) is 22.4. The van der Waals surface area contributed by atoms with Crippen LogP contribution in [0.1, 0.15) is 28.4 Å². The van der Waals surface area contributed by atoms with Crippen LogP contribution in [0.15, 0.2) is 77.5 Å². The van der Waals surface area contributed by atoms with Crippen LogP contribution in [0.2, 0.25) is 0 Å². The van der Waals surface area contributed by atoms with E-state index >= 15 is 0 Å². The molecule has 1 fully saturated rings. The van der Waals surface area contributed by atoms with Crippen molar-refractivity contribution in [1.29, 1.82) is 0 Å². The Balaban J connectivity index is 1.57. The van der Waals surface area contributed by atoms with E-state index in [2.05, 4.69) is 69.0 Å². The number of morpholine rings is 1. The maximum Gasteiger partial charge on any atom is 0.185 e. The highest BCUT2D eigenvalue weighted by molar-refractivity contribution is 7.14. The van der Waals surface area contributed by atoms with Gasteiger partial charge in [-0.3, -0.25) is 14.5 Å². The van der Waals surface area contributed by atoms with E-state index in [4.69, 9.17) is 9.47 Å². The molecule has 2 aromatic heterocycles. The number of nitrogens with zero attached hydrogens (tertiary/aromatic N) is 3. The molecule has 4 heterocycles. The average Bonchev–Trinajstić information content (AvgIpc) is 3.39. The van der Waals surface area contributed by atoms with Gasteiger partial charge in [-0.05, 0) is 52.8 Å². The summed E-state index contributed by atoms with van der Waals surface area (Å²) in [6.07, 6.45) is 1.81. The van der Waals surface area contributed by atoms with E-state index in [0.717, 1.165) is 29.2 Å². The first-order valence-electron chi connectivity index (χ1n) is 12.5. The number of hydrogen-bond donors (Lipinski definition) is 0. The summed E-state index contributed by atoms with van der Waals surface area (Å²) in [7, 11) is 1.71. The van der Waals surface area contributed by atoms with Crippen LogP contribution in [-0.4, -0.2) is 42.6 Å². The van der Waals surface area contributed by atoms with Gasteiger partial charge in [-0.1, -0.05) is 36.9 Å². The van der Waals surface area contributed by atoms with Crippen molar-refractivity contribution in [2.45, 2.75) is 19.1 Å². The van der Waals surface area contributed by atoms with E-state index in [1.807, 2.05) is 19.2 Å². The molecule has 0 spiro atoms. The van der Waals surface area contributed by atoms with Crippen molar-refractivity contribution in [1.82, 2.24) is 9.58 Å². The Morgan fingerprint density at radius 2 is 1.89 bits per heavy atom. The quantitative estimate of drug-likeness (QED) is 0.370. The molecule has 7 heteroatoms. The number of benzene rings is 2. The molecule has 2 aromatic carbocycles. The summed E-state index contributed by atoms with van der Waals surface area (Å²) in [6.45, 7) is 8.23. The van der Waals surface area contributed by atoms with Gasteiger partial charge >= 0.3 is 0 Å². The Morgan fingerprint density at radius 3 is 2.76 bits per heavy atom. The first-order chi connectivity index (χ1) is 18.1. The van der Waals surface area contributed by atoms with Crippen LogP contribution in [0, 0.1) is 6.92 Å². The molecule has 2 aliphatic heterocycles. The van der Waals surface area contributed by atoms with Crippen molar-refractivity contribution >= 4 is 17.0 Å². The molecular formula is C30H27N3O3S. The fourth-order valence-electron chi connectivity index (χ4n) is 6.13. The van der Waals surface area contributed by atoms with Gasteiger partial charge in [0.05, 0.1) is 37.8 Å². The molecule has 4 aromatic rings. The molecule has 0 unspecified atom stereocenters. The normalized spacial score (nSPS) is 19.8. The number of rotatable bonds is 2. The molecule has 1 saturated heterocycles. The predicted octanol–water partition coefficient (Wildman–Crippen LogP) is 5.24. The SMILES string of the molecule is C=C1c2c(C)c(=O)ccn2N([C@H]2c3ccc(OC)cc3-c3ccsc3-c3ccccc32)[C@@H]2COCCN12. The van der Waals surface area contributed by atoms with Gasteiger partial charge in [0, 0.05) is 34.8 Å². The zero-order valence-corrected chi connectivity index (χ0v) is 21.6. The minimum Gasteiger partial charge on any atom is -0.497 e. The minimum absolute atomic E-state index is 0.0210. The average molecular weight is 510 g/mol. The molecule has 7 rings (SSSR count). The Labute approximate surface area is 219 Å². The summed E-state index contributed by atoms with van der Waals surface area (Å²) in [5.74, 6) is 0.829. The van der Waals surface area contributed by atoms with Gasteiger partial charge in [-0.2, -0.15) is 0 Å². The van der Waals surface area contributed by atoms with E-state index in [1.54, 1.807) is 24.5 Å². The van der Waals surface area contributed by atoms with E-state index in [9.17, 15) is 4.79 Å². The largest absolute Gasteiger partial charge is 0.497 e. The van der Waals surface area contributed by atoms with Crippen molar-refractivity contribution in [3.05, 3.63) is 105 Å². The van der Waals surface area contributed by atoms with Gasteiger partial charge in [-0.15, -0.1) is 11.3 Å². The number of fused-ring (bicyclic) bond motifs is 7. The lowest BCUT2D eigenvalue weighted by Gasteiger charge is -2.53. The van der Waals surface area contributed by atoms with Crippen LogP contribution in [-0.2, 0) is 4.74 Å². The van der Waals surface area contributed by atoms with E-state index in [-0.39, 0.29) is 17.6 Å². The molecule has 1 aliphatic carbocycles. The van der Waals surface area contributed by atoms with Crippen LogP contribution >= 0.6 is 11.3 Å². The molecule has 0 saturated carbocycles. The number of methoxy groups -OCH3 is 1. The molecule has 0 radical (unpaired) electrons. The summed E-state index contributed by atoms with van der Waals surface area (Å²) < 4.78 is 13.9. The Bertz CT molecular complexity index is 1620. The summed E-state index contributed by atoms with van der Waals surface area (Å²) in [4.78, 5) is 16.3. The number of pyridine rings is 1. The summed E-state index contributed by atoms with van der Waals surface area (Å²) in [5, 5.41) is 4.55. The molecular weight excluding hydrogens is 482 g/mol. The highest BCUT2D eigenvalue weighted by atomic mass is 32.1. The highest BCUT2D eigenvalue weighted by Crippen LogP contribution is 2.51. The van der Waals surface area contributed by atoms with Crippen molar-refractivity contribution in [2.75, 3.05) is 31.9 Å². The second-order valence-electron chi connectivity index (χ2n) is 9.68. The summed E-state index contributed by atoms with van der Waals surface area (Å²) in [6, 6.07) is 18.8. The highest BCUT2D eigenvalue weighted by Gasteiger charge is 2.43. The molecule has 2 atom stereocenters. The second kappa shape index (κ2) is 8.36. The number of ether oxygens (including phenoxy) is 2. The maximum atomic E-state index is 12.8. The topological polar surface area (TPSA) is 46.9 Å². The van der Waals surface area contributed by atoms with Gasteiger partial charge in [0.2, 0.25) is 0 Å². The molecule has 0 bridgehead atoms. The van der Waals surface area contributed by atoms with Crippen LogP contribution in [0.5, 0.6) is 5.75 Å². The molecule has 0 N–H and O–H groups in total. The van der Waals surface area contributed by atoms with Crippen LogP contribution in [0.3, 0.4) is 0 Å². The molecule has 3 aliphatic rings. The van der Waals surface area contributed by atoms with Crippen molar-refractivity contribution in [2.24, 2.45) is 0 Å². The maximum absolute atomic E-state index is 12.8. The molecule has 186 valence electrons. The summed E-state index contributed by atoms with van der Waals surface area (Å²) >= 11 is 1.76. The van der Waals surface area contributed by atoms with Gasteiger partial charge in [0.15, 0.2) is 5.43 Å². The standard InChI is InChI=1S/C30H27N3O3S/c1-18-26(34)10-12-32-28(18)19(2)31-13-14-36-17-27(31)33(32)29-21-6-4-5-7-23(21)30-24(11-15-37-30)25-16-20(35-3)8-9-22(25)29/h4-12,15-16,27,29H,2,13-14,17H2,1,3H3/t27-,29-/m1/s1. The third kappa shape index (κ3) is 3.17. The Kier molecular flexibility index (Phi) is 5.06. The Morgan fingerprint density at radius 1 is 1.05 bits per heavy atom. The fourth-order valence-corrected chi connectivity index (χ4v) is 7.09. The fraction of sp³-hybridized carbons (Fsp3) is 0.233. The lowest BCUT2D eigenvalue weighted by atomic mass is 9.92. The molecule has 0 amide bonds. The number of hydrogen-bond acceptors (Lipinski definition) is 6. The van der Waals surface area contributed by atoms with Crippen LogP contribution in [0.25, 0.3) is 27.3 Å². The smallest absolute Gasteiger partial charge is 0.185 e. The van der Waals surface area contributed by atoms with E-state index in [1.165, 1.54) is 27.1 Å². The summed E-state index contributed by atoms with van der Waals surface area (Å²) in [5.41, 5.74) is 8.45. The van der Waals surface area contributed by atoms with Crippen LogP contribution < -0.4 is 15.2 Å². The van der Waals surface area contributed by atoms with Crippen molar-refractivity contribution in [3.8, 4) is 27.3 Å².